The first-order valence-corrected chi connectivity index (χ1v) is 11.9. The van der Waals surface area contributed by atoms with Gasteiger partial charge in [-0.05, 0) is 63.4 Å². The summed E-state index contributed by atoms with van der Waals surface area (Å²) in [6.45, 7) is 5.51. The monoisotopic (exact) mass is 513 g/mol. The lowest BCUT2D eigenvalue weighted by atomic mass is 9.93. The molecule has 0 saturated carbocycles. The molecule has 1 aliphatic carbocycles. The summed E-state index contributed by atoms with van der Waals surface area (Å²) in [5.41, 5.74) is 7.47. The van der Waals surface area contributed by atoms with E-state index in [9.17, 15) is 9.59 Å². The Morgan fingerprint density at radius 3 is 2.63 bits per heavy atom. The predicted octanol–water partition coefficient (Wildman–Crippen LogP) is 6.00. The standard InChI is InChI=1S/C26H25Cl2N3O4/c1-14-7-9-19(15(2)11-14)29-26(33)25-16(3)24-20(5-4-6-22(24)35-25)30-31-23(32)13-34-21-10-8-17(27)12-18(21)28/h7-12H,4-6,13H2,1-3H3,(H,29,33)(H,31,32)/b30-20+. The molecule has 0 radical (unpaired) electrons. The number of halogens is 2. The number of anilines is 1. The van der Waals surface area contributed by atoms with Gasteiger partial charge in [-0.3, -0.25) is 9.59 Å². The van der Waals surface area contributed by atoms with Gasteiger partial charge in [0.1, 0.15) is 11.5 Å². The number of ether oxygens (including phenoxy) is 1. The zero-order chi connectivity index (χ0) is 25.1. The van der Waals surface area contributed by atoms with Crippen molar-refractivity contribution in [3.8, 4) is 5.75 Å². The summed E-state index contributed by atoms with van der Waals surface area (Å²) in [6.07, 6.45) is 2.14. The van der Waals surface area contributed by atoms with Gasteiger partial charge in [0.25, 0.3) is 11.8 Å². The molecule has 2 N–H and O–H groups in total. The summed E-state index contributed by atoms with van der Waals surface area (Å²) < 4.78 is 11.4. The van der Waals surface area contributed by atoms with Crippen LogP contribution in [0.3, 0.4) is 0 Å². The van der Waals surface area contributed by atoms with Crippen molar-refractivity contribution in [3.05, 3.63) is 80.2 Å². The van der Waals surface area contributed by atoms with E-state index in [0.717, 1.165) is 28.8 Å². The van der Waals surface area contributed by atoms with Crippen molar-refractivity contribution in [2.75, 3.05) is 11.9 Å². The predicted molar refractivity (Wildman–Crippen MR) is 137 cm³/mol. The Bertz CT molecular complexity index is 1330. The molecular formula is C26H25Cl2N3O4. The quantitative estimate of drug-likeness (QED) is 0.395. The highest BCUT2D eigenvalue weighted by Gasteiger charge is 2.28. The third kappa shape index (κ3) is 5.69. The Morgan fingerprint density at radius 1 is 1.09 bits per heavy atom. The van der Waals surface area contributed by atoms with E-state index in [1.165, 1.54) is 6.07 Å². The summed E-state index contributed by atoms with van der Waals surface area (Å²) in [5, 5.41) is 8.03. The third-order valence-electron chi connectivity index (χ3n) is 5.73. The van der Waals surface area contributed by atoms with Crippen molar-refractivity contribution in [3.63, 3.8) is 0 Å². The second kappa shape index (κ2) is 10.5. The molecule has 2 amide bonds. The molecule has 0 aliphatic heterocycles. The van der Waals surface area contributed by atoms with Gasteiger partial charge >= 0.3 is 0 Å². The van der Waals surface area contributed by atoms with Crippen LogP contribution in [0.1, 0.15) is 51.4 Å². The fourth-order valence-electron chi connectivity index (χ4n) is 4.03. The highest BCUT2D eigenvalue weighted by Crippen LogP contribution is 2.31. The molecule has 1 aliphatic rings. The molecule has 0 unspecified atom stereocenters. The van der Waals surface area contributed by atoms with Crippen LogP contribution in [0.2, 0.25) is 10.0 Å². The third-order valence-corrected chi connectivity index (χ3v) is 6.26. The van der Waals surface area contributed by atoms with Gasteiger partial charge in [-0.2, -0.15) is 5.10 Å². The van der Waals surface area contributed by atoms with Crippen LogP contribution in [0.25, 0.3) is 0 Å². The molecule has 0 saturated heterocycles. The number of amides is 2. The van der Waals surface area contributed by atoms with Gasteiger partial charge in [-0.15, -0.1) is 0 Å². The van der Waals surface area contributed by atoms with Crippen molar-refractivity contribution in [1.82, 2.24) is 5.43 Å². The molecule has 0 atom stereocenters. The Morgan fingerprint density at radius 2 is 1.89 bits per heavy atom. The van der Waals surface area contributed by atoms with Crippen LogP contribution in [0.5, 0.6) is 5.75 Å². The molecule has 1 heterocycles. The van der Waals surface area contributed by atoms with E-state index < -0.39 is 5.91 Å². The molecule has 9 heteroatoms. The number of carbonyl (C=O) groups is 2. The van der Waals surface area contributed by atoms with Crippen molar-refractivity contribution in [1.29, 1.82) is 0 Å². The first-order valence-electron chi connectivity index (χ1n) is 11.2. The van der Waals surface area contributed by atoms with E-state index >= 15 is 0 Å². The number of rotatable bonds is 6. The fraction of sp³-hybridized carbons (Fsp3) is 0.269. The minimum atomic E-state index is -0.440. The molecule has 4 rings (SSSR count). The zero-order valence-electron chi connectivity index (χ0n) is 19.6. The van der Waals surface area contributed by atoms with Crippen molar-refractivity contribution in [2.24, 2.45) is 5.10 Å². The number of fused-ring (bicyclic) bond motifs is 1. The normalized spacial score (nSPS) is 13.9. The molecule has 35 heavy (non-hydrogen) atoms. The molecule has 2 aromatic carbocycles. The van der Waals surface area contributed by atoms with Gasteiger partial charge in [0.2, 0.25) is 0 Å². The highest BCUT2D eigenvalue weighted by atomic mass is 35.5. The number of hydrogen-bond donors (Lipinski definition) is 2. The van der Waals surface area contributed by atoms with E-state index in [1.54, 1.807) is 12.1 Å². The Balaban J connectivity index is 1.46. The number of nitrogens with one attached hydrogen (secondary N) is 2. The topological polar surface area (TPSA) is 92.9 Å². The largest absolute Gasteiger partial charge is 0.482 e. The van der Waals surface area contributed by atoms with Crippen LogP contribution in [0.15, 0.2) is 45.9 Å². The zero-order valence-corrected chi connectivity index (χ0v) is 21.1. The van der Waals surface area contributed by atoms with Crippen molar-refractivity contribution in [2.45, 2.75) is 40.0 Å². The van der Waals surface area contributed by atoms with E-state index in [-0.39, 0.29) is 18.3 Å². The second-order valence-corrected chi connectivity index (χ2v) is 9.28. The molecule has 0 spiro atoms. The number of aryl methyl sites for hydroxylation is 3. The number of hydrazone groups is 1. The Labute approximate surface area is 213 Å². The summed E-state index contributed by atoms with van der Waals surface area (Å²) >= 11 is 11.9. The van der Waals surface area contributed by atoms with Gasteiger partial charge in [-0.1, -0.05) is 40.9 Å². The Hall–Kier alpha value is -3.29. The summed E-state index contributed by atoms with van der Waals surface area (Å²) in [5.74, 6) is 0.530. The van der Waals surface area contributed by atoms with Crippen LogP contribution in [-0.2, 0) is 11.2 Å². The van der Waals surface area contributed by atoms with Crippen molar-refractivity contribution >= 4 is 46.4 Å². The lowest BCUT2D eigenvalue weighted by Crippen LogP contribution is -2.27. The van der Waals surface area contributed by atoms with Gasteiger partial charge in [-0.25, -0.2) is 5.43 Å². The first kappa shape index (κ1) is 24.8. The number of nitrogens with zero attached hydrogens (tertiary/aromatic N) is 1. The maximum atomic E-state index is 13.0. The smallest absolute Gasteiger partial charge is 0.291 e. The molecule has 7 nitrogen and oxygen atoms in total. The highest BCUT2D eigenvalue weighted by molar-refractivity contribution is 6.35. The lowest BCUT2D eigenvalue weighted by molar-refractivity contribution is -0.123. The van der Waals surface area contributed by atoms with Crippen LogP contribution in [0.4, 0.5) is 5.69 Å². The van der Waals surface area contributed by atoms with Crippen LogP contribution < -0.4 is 15.5 Å². The molecule has 182 valence electrons. The van der Waals surface area contributed by atoms with Crippen molar-refractivity contribution < 1.29 is 18.7 Å². The van der Waals surface area contributed by atoms with Gasteiger partial charge in [0, 0.05) is 28.3 Å². The van der Waals surface area contributed by atoms with Gasteiger partial charge in [0.15, 0.2) is 12.4 Å². The average Bonchev–Trinajstić information content (AvgIpc) is 3.16. The fourth-order valence-corrected chi connectivity index (χ4v) is 4.49. The molecular weight excluding hydrogens is 489 g/mol. The summed E-state index contributed by atoms with van der Waals surface area (Å²) in [7, 11) is 0. The SMILES string of the molecule is Cc1ccc(NC(=O)c2oc3c(c2C)/C(=N/NC(=O)COc2ccc(Cl)cc2Cl)CCC3)c(C)c1. The van der Waals surface area contributed by atoms with Crippen LogP contribution in [0, 0.1) is 20.8 Å². The second-order valence-electron chi connectivity index (χ2n) is 8.44. The minimum absolute atomic E-state index is 0.247. The van der Waals surface area contributed by atoms with Crippen LogP contribution >= 0.6 is 23.2 Å². The maximum absolute atomic E-state index is 13.0. The number of furan rings is 1. The van der Waals surface area contributed by atoms with E-state index in [1.807, 2.05) is 39.0 Å². The lowest BCUT2D eigenvalue weighted by Gasteiger charge is -2.13. The maximum Gasteiger partial charge on any atom is 0.291 e. The molecule has 3 aromatic rings. The summed E-state index contributed by atoms with van der Waals surface area (Å²) in [4.78, 5) is 25.3. The number of benzene rings is 2. The summed E-state index contributed by atoms with van der Waals surface area (Å²) in [6, 6.07) is 10.6. The van der Waals surface area contributed by atoms with E-state index in [2.05, 4.69) is 15.8 Å². The first-order chi connectivity index (χ1) is 16.7. The number of carbonyl (C=O) groups excluding carboxylic acids is 2. The van der Waals surface area contributed by atoms with Gasteiger partial charge < -0.3 is 14.5 Å². The molecule has 0 fully saturated rings. The average molecular weight is 514 g/mol. The number of hydrogen-bond acceptors (Lipinski definition) is 5. The van der Waals surface area contributed by atoms with Gasteiger partial charge in [0.05, 0.1) is 10.7 Å². The van der Waals surface area contributed by atoms with E-state index in [4.69, 9.17) is 32.4 Å². The van der Waals surface area contributed by atoms with Crippen LogP contribution in [-0.4, -0.2) is 24.1 Å². The molecule has 0 bridgehead atoms. The van der Waals surface area contributed by atoms with E-state index in [0.29, 0.717) is 45.7 Å². The minimum Gasteiger partial charge on any atom is -0.482 e. The molecule has 1 aromatic heterocycles. The Kier molecular flexibility index (Phi) is 7.48.